The second kappa shape index (κ2) is 9.94. The summed E-state index contributed by atoms with van der Waals surface area (Å²) in [5.74, 6) is -0.384. The van der Waals surface area contributed by atoms with Crippen LogP contribution in [0.4, 0.5) is 11.8 Å². The van der Waals surface area contributed by atoms with Gasteiger partial charge in [0.2, 0.25) is 0 Å². The van der Waals surface area contributed by atoms with Gasteiger partial charge in [-0.3, -0.25) is 4.79 Å². The van der Waals surface area contributed by atoms with Gasteiger partial charge in [0.1, 0.15) is 16.9 Å². The number of carboxylic acids is 1. The topological polar surface area (TPSA) is 114 Å². The van der Waals surface area contributed by atoms with Gasteiger partial charge in [0.15, 0.2) is 11.0 Å². The van der Waals surface area contributed by atoms with E-state index in [-0.39, 0.29) is 11.6 Å². The van der Waals surface area contributed by atoms with E-state index in [0.717, 1.165) is 51.1 Å². The number of ether oxygens (including phenoxy) is 1. The van der Waals surface area contributed by atoms with Gasteiger partial charge in [0.05, 0.1) is 18.3 Å². The van der Waals surface area contributed by atoms with E-state index >= 15 is 0 Å². The van der Waals surface area contributed by atoms with Gasteiger partial charge in [0, 0.05) is 62.5 Å². The third-order valence-electron chi connectivity index (χ3n) is 7.38. The van der Waals surface area contributed by atoms with Crippen LogP contribution in [0.5, 0.6) is 0 Å². The predicted octanol–water partition coefficient (Wildman–Crippen LogP) is 3.95. The fourth-order valence-corrected chi connectivity index (χ4v) is 5.43. The lowest BCUT2D eigenvalue weighted by molar-refractivity contribution is 0.0695. The van der Waals surface area contributed by atoms with Crippen molar-refractivity contribution in [3.63, 3.8) is 0 Å². The molecule has 5 heterocycles. The zero-order valence-corrected chi connectivity index (χ0v) is 21.2. The Morgan fingerprint density at radius 1 is 1.13 bits per heavy atom. The molecule has 2 fully saturated rings. The van der Waals surface area contributed by atoms with Crippen molar-refractivity contribution in [3.8, 4) is 16.9 Å². The summed E-state index contributed by atoms with van der Waals surface area (Å²) in [5.41, 5.74) is 2.30. The second-order valence-electron chi connectivity index (χ2n) is 9.80. The zero-order valence-electron chi connectivity index (χ0n) is 21.2. The summed E-state index contributed by atoms with van der Waals surface area (Å²) in [6.45, 7) is 3.41. The Kier molecular flexibility index (Phi) is 6.32. The lowest BCUT2D eigenvalue weighted by Gasteiger charge is -2.21. The number of carbonyl (C=O) groups is 1. The number of hydrogen-bond donors (Lipinski definition) is 1. The second-order valence-corrected chi connectivity index (χ2v) is 9.80. The average Bonchev–Trinajstić information content (AvgIpc) is 3.69. The summed E-state index contributed by atoms with van der Waals surface area (Å²) < 4.78 is 13.2. The molecule has 0 aliphatic carbocycles. The third-order valence-corrected chi connectivity index (χ3v) is 7.38. The van der Waals surface area contributed by atoms with Gasteiger partial charge in [-0.1, -0.05) is 0 Å². The monoisotopic (exact) mass is 515 g/mol. The molecule has 0 amide bonds. The Morgan fingerprint density at radius 2 is 1.97 bits per heavy atom. The Bertz CT molecular complexity index is 1540. The lowest BCUT2D eigenvalue weighted by Crippen LogP contribution is -2.32. The van der Waals surface area contributed by atoms with Crippen LogP contribution in [0.15, 0.2) is 58.0 Å². The molecule has 1 atom stereocenters. The number of benzene rings is 1. The van der Waals surface area contributed by atoms with E-state index in [2.05, 4.69) is 19.8 Å². The first kappa shape index (κ1) is 24.2. The number of hydrogen-bond acceptors (Lipinski definition) is 8. The molecule has 6 rings (SSSR count). The molecule has 4 aromatic rings. The first-order chi connectivity index (χ1) is 18.5. The molecule has 38 heavy (non-hydrogen) atoms. The number of pyridine rings is 2. The number of aromatic carboxylic acids is 1. The van der Waals surface area contributed by atoms with Gasteiger partial charge in [-0.25, -0.2) is 9.78 Å². The summed E-state index contributed by atoms with van der Waals surface area (Å²) in [4.78, 5) is 38.2. The van der Waals surface area contributed by atoms with E-state index in [1.807, 2.05) is 30.3 Å². The summed E-state index contributed by atoms with van der Waals surface area (Å²) >= 11 is 0. The first-order valence-corrected chi connectivity index (χ1v) is 12.9. The molecule has 1 aromatic carbocycles. The van der Waals surface area contributed by atoms with Crippen molar-refractivity contribution in [3.05, 3.63) is 64.6 Å². The van der Waals surface area contributed by atoms with Crippen molar-refractivity contribution < 1.29 is 19.1 Å². The molecule has 196 valence electrons. The van der Waals surface area contributed by atoms with Gasteiger partial charge in [0.25, 0.3) is 6.01 Å². The van der Waals surface area contributed by atoms with E-state index in [4.69, 9.17) is 9.15 Å². The molecule has 0 saturated carbocycles. The molecule has 10 heteroatoms. The van der Waals surface area contributed by atoms with Crippen LogP contribution in [-0.2, 0) is 4.74 Å². The van der Waals surface area contributed by atoms with Crippen LogP contribution in [0.3, 0.4) is 0 Å². The predicted molar refractivity (Wildman–Crippen MR) is 143 cm³/mol. The van der Waals surface area contributed by atoms with E-state index in [9.17, 15) is 14.7 Å². The maximum atomic E-state index is 12.7. The molecule has 2 aliphatic heterocycles. The summed E-state index contributed by atoms with van der Waals surface area (Å²) in [6, 6.07) is 11.5. The molecule has 2 saturated heterocycles. The highest BCUT2D eigenvalue weighted by Crippen LogP contribution is 2.31. The third kappa shape index (κ3) is 4.41. The van der Waals surface area contributed by atoms with E-state index in [1.165, 1.54) is 12.3 Å². The van der Waals surface area contributed by atoms with Crippen molar-refractivity contribution in [2.24, 2.45) is 0 Å². The first-order valence-electron chi connectivity index (χ1n) is 12.9. The lowest BCUT2D eigenvalue weighted by atomic mass is 10.1. The van der Waals surface area contributed by atoms with Crippen LogP contribution >= 0.6 is 0 Å². The average molecular weight is 516 g/mol. The Labute approximate surface area is 219 Å². The van der Waals surface area contributed by atoms with Gasteiger partial charge >= 0.3 is 5.97 Å². The highest BCUT2D eigenvalue weighted by molar-refractivity contribution is 5.88. The molecule has 0 unspecified atom stereocenters. The number of carboxylic acid groups (broad SMARTS) is 1. The molecule has 0 radical (unpaired) electrons. The number of oxazole rings is 1. The molecule has 1 N–H and O–H groups in total. The van der Waals surface area contributed by atoms with Gasteiger partial charge in [-0.05, 0) is 49.9 Å². The molecule has 2 aliphatic rings. The number of nitrogens with zero attached hydrogens (tertiary/aromatic N) is 5. The van der Waals surface area contributed by atoms with E-state index in [1.54, 1.807) is 17.9 Å². The summed E-state index contributed by atoms with van der Waals surface area (Å²) in [5, 5.41) is 9.65. The normalized spacial score (nSPS) is 17.6. The van der Waals surface area contributed by atoms with Crippen molar-refractivity contribution >= 4 is 28.9 Å². The largest absolute Gasteiger partial charge is 0.477 e. The number of rotatable bonds is 7. The molecule has 3 aromatic heterocycles. The Balaban J connectivity index is 1.41. The molecular formula is C28H29N5O5. The van der Waals surface area contributed by atoms with Gasteiger partial charge in [-0.2, -0.15) is 4.98 Å². The van der Waals surface area contributed by atoms with Crippen LogP contribution < -0.4 is 15.2 Å². The molecule has 0 spiro atoms. The SMILES string of the molecule is COC[C@H]1CCCN1c1nc2ccc(-n3cc(C(=O)O)c(=O)cc3-c3ccc(N4CCCC4)nc3)cc2o1. The maximum Gasteiger partial charge on any atom is 0.341 e. The van der Waals surface area contributed by atoms with E-state index < -0.39 is 11.4 Å². The zero-order chi connectivity index (χ0) is 26.2. The van der Waals surface area contributed by atoms with Crippen LogP contribution in [0.25, 0.3) is 28.0 Å². The molecular weight excluding hydrogens is 486 g/mol. The number of aromatic nitrogens is 3. The molecule has 0 bridgehead atoms. The Morgan fingerprint density at radius 3 is 2.71 bits per heavy atom. The van der Waals surface area contributed by atoms with Crippen LogP contribution in [0, 0.1) is 0 Å². The number of fused-ring (bicyclic) bond motifs is 1. The van der Waals surface area contributed by atoms with Crippen molar-refractivity contribution in [2.45, 2.75) is 31.7 Å². The number of methoxy groups -OCH3 is 1. The maximum absolute atomic E-state index is 12.7. The molecule has 10 nitrogen and oxygen atoms in total. The van der Waals surface area contributed by atoms with Crippen LogP contribution in [0.1, 0.15) is 36.0 Å². The van der Waals surface area contributed by atoms with Crippen LogP contribution in [-0.4, -0.2) is 65.0 Å². The smallest absolute Gasteiger partial charge is 0.341 e. The minimum absolute atomic E-state index is 0.215. The minimum atomic E-state index is -1.28. The highest BCUT2D eigenvalue weighted by Gasteiger charge is 2.28. The standard InChI is InChI=1S/C28H29N5O5/c1-37-17-20-5-4-12-32(20)28-30-22-8-7-19(13-25(22)38-28)33-16-21(27(35)36)24(34)14-23(33)18-6-9-26(29-15-18)31-10-2-3-11-31/h6-9,13-16,20H,2-5,10-12,17H2,1H3,(H,35,36)/t20-/m1/s1. The summed E-state index contributed by atoms with van der Waals surface area (Å²) in [7, 11) is 1.69. The number of anilines is 2. The fraction of sp³-hybridized carbons (Fsp3) is 0.357. The summed E-state index contributed by atoms with van der Waals surface area (Å²) in [6.07, 6.45) is 7.45. The van der Waals surface area contributed by atoms with E-state index in [0.29, 0.717) is 40.7 Å². The Hall–Kier alpha value is -4.18. The van der Waals surface area contributed by atoms with Crippen molar-refractivity contribution in [2.75, 3.05) is 43.2 Å². The van der Waals surface area contributed by atoms with Gasteiger partial charge in [-0.15, -0.1) is 0 Å². The van der Waals surface area contributed by atoms with Crippen LogP contribution in [0.2, 0.25) is 0 Å². The quantitative estimate of drug-likeness (QED) is 0.391. The highest BCUT2D eigenvalue weighted by atomic mass is 16.5. The van der Waals surface area contributed by atoms with Gasteiger partial charge < -0.3 is 28.6 Å². The van der Waals surface area contributed by atoms with Crippen molar-refractivity contribution in [1.29, 1.82) is 0 Å². The van der Waals surface area contributed by atoms with Crippen molar-refractivity contribution in [1.82, 2.24) is 14.5 Å². The fourth-order valence-electron chi connectivity index (χ4n) is 5.43. The minimum Gasteiger partial charge on any atom is -0.477 e.